The van der Waals surface area contributed by atoms with Crippen LogP contribution in [0.1, 0.15) is 24.2 Å². The molecule has 0 bridgehead atoms. The molecule has 3 heteroatoms. The van der Waals surface area contributed by atoms with Crippen molar-refractivity contribution in [1.82, 2.24) is 0 Å². The number of hydrogen-bond donors (Lipinski definition) is 0. The molecule has 2 aromatic rings. The van der Waals surface area contributed by atoms with Crippen LogP contribution in [-0.4, -0.2) is 12.1 Å². The van der Waals surface area contributed by atoms with Gasteiger partial charge in [0.15, 0.2) is 0 Å². The van der Waals surface area contributed by atoms with E-state index in [1.807, 2.05) is 32.0 Å². The first kappa shape index (κ1) is 13.1. The number of carbonyl (C=O) groups is 1. The zero-order chi connectivity index (χ0) is 13.7. The summed E-state index contributed by atoms with van der Waals surface area (Å²) in [6, 6.07) is 15.9. The van der Waals surface area contributed by atoms with Crippen LogP contribution in [-0.2, 0) is 0 Å². The van der Waals surface area contributed by atoms with Crippen molar-refractivity contribution in [3.63, 3.8) is 0 Å². The van der Waals surface area contributed by atoms with Crippen LogP contribution in [0.3, 0.4) is 0 Å². The van der Waals surface area contributed by atoms with Crippen molar-refractivity contribution in [3.8, 4) is 11.5 Å². The number of rotatable bonds is 4. The van der Waals surface area contributed by atoms with Crippen LogP contribution in [0.25, 0.3) is 0 Å². The van der Waals surface area contributed by atoms with E-state index in [9.17, 15) is 4.79 Å². The first-order valence-corrected chi connectivity index (χ1v) is 6.19. The average molecular weight is 256 g/mol. The van der Waals surface area contributed by atoms with Gasteiger partial charge < -0.3 is 9.47 Å². The Kier molecular flexibility index (Phi) is 4.18. The summed E-state index contributed by atoms with van der Waals surface area (Å²) in [6.07, 6.45) is 0.113. The summed E-state index contributed by atoms with van der Waals surface area (Å²) in [5, 5.41) is 0. The quantitative estimate of drug-likeness (QED) is 0.618. The van der Waals surface area contributed by atoms with Crippen molar-refractivity contribution in [2.24, 2.45) is 0 Å². The van der Waals surface area contributed by atoms with E-state index < -0.39 is 0 Å². The van der Waals surface area contributed by atoms with Gasteiger partial charge in [-0.15, -0.1) is 0 Å². The third-order valence-electron chi connectivity index (χ3n) is 2.42. The van der Waals surface area contributed by atoms with Crippen LogP contribution in [0.2, 0.25) is 0 Å². The Morgan fingerprint density at radius 2 is 1.53 bits per heavy atom. The van der Waals surface area contributed by atoms with Gasteiger partial charge in [-0.2, -0.15) is 0 Å². The van der Waals surface area contributed by atoms with Crippen molar-refractivity contribution in [2.75, 3.05) is 0 Å². The molecular weight excluding hydrogens is 240 g/mol. The summed E-state index contributed by atoms with van der Waals surface area (Å²) in [5.41, 5.74) is 0.500. The minimum absolute atomic E-state index is 0.113. The third kappa shape index (κ3) is 3.85. The Labute approximate surface area is 112 Å². The van der Waals surface area contributed by atoms with E-state index in [4.69, 9.17) is 9.47 Å². The highest BCUT2D eigenvalue weighted by atomic mass is 16.5. The molecule has 0 saturated heterocycles. The largest absolute Gasteiger partial charge is 0.491 e. The molecule has 0 N–H and O–H groups in total. The van der Waals surface area contributed by atoms with Gasteiger partial charge in [0.2, 0.25) is 0 Å². The van der Waals surface area contributed by atoms with Gasteiger partial charge in [0.05, 0.1) is 11.7 Å². The molecule has 0 saturated carbocycles. The topological polar surface area (TPSA) is 35.5 Å². The highest BCUT2D eigenvalue weighted by Crippen LogP contribution is 2.16. The van der Waals surface area contributed by atoms with E-state index in [2.05, 4.69) is 0 Å². The number of ether oxygens (including phenoxy) is 2. The molecule has 0 aliphatic heterocycles. The van der Waals surface area contributed by atoms with E-state index in [1.165, 1.54) is 0 Å². The Hall–Kier alpha value is -2.29. The maximum Gasteiger partial charge on any atom is 0.343 e. The Bertz CT molecular complexity index is 530. The molecular formula is C16H16O3. The van der Waals surface area contributed by atoms with Gasteiger partial charge in [0, 0.05) is 0 Å². The molecule has 0 heterocycles. The SMILES string of the molecule is CC(C)Oc1ccc(C(=O)Oc2ccccc2)cc1. The minimum Gasteiger partial charge on any atom is -0.491 e. The summed E-state index contributed by atoms with van der Waals surface area (Å²) in [4.78, 5) is 11.9. The fourth-order valence-electron chi connectivity index (χ4n) is 1.60. The summed E-state index contributed by atoms with van der Waals surface area (Å²) in [5.74, 6) is 0.906. The van der Waals surface area contributed by atoms with E-state index >= 15 is 0 Å². The highest BCUT2D eigenvalue weighted by Gasteiger charge is 2.08. The van der Waals surface area contributed by atoms with Crippen molar-refractivity contribution >= 4 is 5.97 Å². The second-order valence-electron chi connectivity index (χ2n) is 4.39. The highest BCUT2D eigenvalue weighted by molar-refractivity contribution is 5.91. The molecule has 3 nitrogen and oxygen atoms in total. The molecule has 0 fully saturated rings. The zero-order valence-corrected chi connectivity index (χ0v) is 11.0. The van der Waals surface area contributed by atoms with E-state index in [1.54, 1.807) is 36.4 Å². The Morgan fingerprint density at radius 3 is 2.11 bits per heavy atom. The van der Waals surface area contributed by atoms with Gasteiger partial charge in [-0.1, -0.05) is 18.2 Å². The van der Waals surface area contributed by atoms with Crippen molar-refractivity contribution in [1.29, 1.82) is 0 Å². The number of carbonyl (C=O) groups excluding carboxylic acids is 1. The average Bonchev–Trinajstić information content (AvgIpc) is 2.40. The second-order valence-corrected chi connectivity index (χ2v) is 4.39. The molecule has 2 rings (SSSR count). The molecule has 2 aromatic carbocycles. The smallest absolute Gasteiger partial charge is 0.343 e. The maximum absolute atomic E-state index is 11.9. The lowest BCUT2D eigenvalue weighted by Crippen LogP contribution is -2.09. The first-order valence-electron chi connectivity index (χ1n) is 6.19. The zero-order valence-electron chi connectivity index (χ0n) is 11.0. The molecule has 98 valence electrons. The lowest BCUT2D eigenvalue weighted by Gasteiger charge is -2.10. The van der Waals surface area contributed by atoms with Crippen molar-refractivity contribution in [2.45, 2.75) is 20.0 Å². The predicted octanol–water partition coefficient (Wildman–Crippen LogP) is 3.69. The van der Waals surface area contributed by atoms with E-state index in [0.29, 0.717) is 11.3 Å². The van der Waals surface area contributed by atoms with Crippen LogP contribution in [0.15, 0.2) is 54.6 Å². The fraction of sp³-hybridized carbons (Fsp3) is 0.188. The summed E-state index contributed by atoms with van der Waals surface area (Å²) in [7, 11) is 0. The standard InChI is InChI=1S/C16H16O3/c1-12(2)18-15-10-8-13(9-11-15)16(17)19-14-6-4-3-5-7-14/h3-12H,1-2H3. The van der Waals surface area contributed by atoms with Crippen LogP contribution in [0, 0.1) is 0 Å². The third-order valence-corrected chi connectivity index (χ3v) is 2.42. The fourth-order valence-corrected chi connectivity index (χ4v) is 1.60. The maximum atomic E-state index is 11.9. The molecule has 0 spiro atoms. The Morgan fingerprint density at radius 1 is 0.895 bits per heavy atom. The van der Waals surface area contributed by atoms with E-state index in [0.717, 1.165) is 5.75 Å². The van der Waals surface area contributed by atoms with Gasteiger partial charge in [-0.25, -0.2) is 4.79 Å². The number of esters is 1. The van der Waals surface area contributed by atoms with Crippen LogP contribution >= 0.6 is 0 Å². The monoisotopic (exact) mass is 256 g/mol. The summed E-state index contributed by atoms with van der Waals surface area (Å²) < 4.78 is 10.8. The van der Waals surface area contributed by atoms with Crippen LogP contribution in [0.5, 0.6) is 11.5 Å². The molecule has 19 heavy (non-hydrogen) atoms. The summed E-state index contributed by atoms with van der Waals surface area (Å²) >= 11 is 0. The van der Waals surface area contributed by atoms with Crippen molar-refractivity contribution in [3.05, 3.63) is 60.2 Å². The van der Waals surface area contributed by atoms with Gasteiger partial charge in [-0.05, 0) is 50.2 Å². The van der Waals surface area contributed by atoms with Crippen molar-refractivity contribution < 1.29 is 14.3 Å². The number of benzene rings is 2. The lowest BCUT2D eigenvalue weighted by molar-refractivity contribution is 0.0735. The number of para-hydroxylation sites is 1. The molecule has 0 atom stereocenters. The van der Waals surface area contributed by atoms with Gasteiger partial charge in [0.25, 0.3) is 0 Å². The molecule has 0 radical (unpaired) electrons. The summed E-state index contributed by atoms with van der Waals surface area (Å²) in [6.45, 7) is 3.91. The molecule has 0 aromatic heterocycles. The lowest BCUT2D eigenvalue weighted by atomic mass is 10.2. The molecule has 0 aliphatic carbocycles. The Balaban J connectivity index is 2.04. The molecule has 0 unspecified atom stereocenters. The van der Waals surface area contributed by atoms with Gasteiger partial charge in [-0.3, -0.25) is 0 Å². The number of hydrogen-bond acceptors (Lipinski definition) is 3. The van der Waals surface area contributed by atoms with Crippen LogP contribution in [0.4, 0.5) is 0 Å². The predicted molar refractivity (Wildman–Crippen MR) is 73.6 cm³/mol. The van der Waals surface area contributed by atoms with E-state index in [-0.39, 0.29) is 12.1 Å². The molecule has 0 aliphatic rings. The molecule has 0 amide bonds. The van der Waals surface area contributed by atoms with Gasteiger partial charge in [0.1, 0.15) is 11.5 Å². The minimum atomic E-state index is -0.373. The second kappa shape index (κ2) is 6.05. The van der Waals surface area contributed by atoms with Gasteiger partial charge >= 0.3 is 5.97 Å². The first-order chi connectivity index (χ1) is 9.15. The normalized spacial score (nSPS) is 10.3. The van der Waals surface area contributed by atoms with Crippen LogP contribution < -0.4 is 9.47 Å².